The van der Waals surface area contributed by atoms with Gasteiger partial charge in [0.15, 0.2) is 0 Å². The Kier molecular flexibility index (Phi) is 4.51. The number of rotatable bonds is 4. The number of halogens is 3. The van der Waals surface area contributed by atoms with E-state index in [9.17, 15) is 13.2 Å². The van der Waals surface area contributed by atoms with Gasteiger partial charge in [0.1, 0.15) is 11.6 Å². The molecule has 0 atom stereocenters. The predicted octanol–water partition coefficient (Wildman–Crippen LogP) is 5.13. The lowest BCUT2D eigenvalue weighted by molar-refractivity contribution is -0.274. The van der Waals surface area contributed by atoms with Crippen LogP contribution in [0.5, 0.6) is 5.75 Å². The molecule has 1 N–H and O–H groups in total. The molecule has 0 saturated heterocycles. The summed E-state index contributed by atoms with van der Waals surface area (Å²) in [5.41, 5.74) is 3.74. The van der Waals surface area contributed by atoms with Crippen LogP contribution >= 0.6 is 11.8 Å². The van der Waals surface area contributed by atoms with Crippen molar-refractivity contribution in [3.63, 3.8) is 0 Å². The Morgan fingerprint density at radius 3 is 2.56 bits per heavy atom. The van der Waals surface area contributed by atoms with Crippen LogP contribution in [0, 0.1) is 0 Å². The summed E-state index contributed by atoms with van der Waals surface area (Å²) in [6, 6.07) is 13.8. The van der Waals surface area contributed by atoms with Crippen molar-refractivity contribution >= 4 is 17.6 Å². The molecule has 4 rings (SSSR count). The molecule has 1 aliphatic rings. The van der Waals surface area contributed by atoms with Gasteiger partial charge in [0.25, 0.3) is 0 Å². The number of alkyl halides is 3. The van der Waals surface area contributed by atoms with Gasteiger partial charge in [-0.25, -0.2) is 4.68 Å². The van der Waals surface area contributed by atoms with E-state index in [2.05, 4.69) is 16.1 Å². The highest BCUT2D eigenvalue weighted by Gasteiger charge is 2.31. The highest BCUT2D eigenvalue weighted by atomic mass is 32.2. The SMILES string of the molecule is CSc1ccccc1-c1nn(-c2ccc(OC(F)(F)F)cc2)c2c1CCN2. The summed E-state index contributed by atoms with van der Waals surface area (Å²) in [5, 5.41) is 8.09. The first kappa shape index (κ1) is 17.8. The molecule has 140 valence electrons. The first-order chi connectivity index (χ1) is 13.0. The molecule has 0 unspecified atom stereocenters. The predicted molar refractivity (Wildman–Crippen MR) is 99.7 cm³/mol. The number of benzene rings is 2. The average molecular weight is 391 g/mol. The second-order valence-corrected chi connectivity index (χ2v) is 6.85. The first-order valence-corrected chi connectivity index (χ1v) is 9.54. The summed E-state index contributed by atoms with van der Waals surface area (Å²) >= 11 is 1.66. The molecular weight excluding hydrogens is 375 g/mol. The summed E-state index contributed by atoms with van der Waals surface area (Å²) in [4.78, 5) is 1.13. The molecule has 0 saturated carbocycles. The van der Waals surface area contributed by atoms with Gasteiger partial charge < -0.3 is 10.1 Å². The Balaban J connectivity index is 1.75. The van der Waals surface area contributed by atoms with Crippen LogP contribution in [0.4, 0.5) is 19.0 Å². The number of hydrogen-bond acceptors (Lipinski definition) is 4. The standard InChI is InChI=1S/C19H16F3N3OS/c1-27-16-5-3-2-4-14(16)17-15-10-11-23-18(15)25(24-17)12-6-8-13(9-7-12)26-19(20,21)22/h2-9,23H,10-11H2,1H3. The van der Waals surface area contributed by atoms with Crippen molar-refractivity contribution in [3.8, 4) is 22.7 Å². The van der Waals surface area contributed by atoms with E-state index in [-0.39, 0.29) is 5.75 Å². The quantitative estimate of drug-likeness (QED) is 0.626. The van der Waals surface area contributed by atoms with Crippen molar-refractivity contribution in [2.45, 2.75) is 17.7 Å². The molecule has 1 aromatic heterocycles. The van der Waals surface area contributed by atoms with Crippen LogP contribution in [0.15, 0.2) is 53.4 Å². The van der Waals surface area contributed by atoms with Crippen LogP contribution in [0.25, 0.3) is 16.9 Å². The Labute approximate surface area is 158 Å². The maximum Gasteiger partial charge on any atom is 0.573 e. The Bertz CT molecular complexity index is 967. The third kappa shape index (κ3) is 3.49. The summed E-state index contributed by atoms with van der Waals surface area (Å²) in [5.74, 6) is 0.626. The van der Waals surface area contributed by atoms with Gasteiger partial charge in [-0.3, -0.25) is 0 Å². The van der Waals surface area contributed by atoms with Crippen LogP contribution in [-0.2, 0) is 6.42 Å². The highest BCUT2D eigenvalue weighted by Crippen LogP contribution is 2.38. The lowest BCUT2D eigenvalue weighted by atomic mass is 10.1. The van der Waals surface area contributed by atoms with E-state index >= 15 is 0 Å². The molecule has 0 spiro atoms. The zero-order valence-corrected chi connectivity index (χ0v) is 15.2. The van der Waals surface area contributed by atoms with Gasteiger partial charge in [-0.05, 0) is 43.0 Å². The lowest BCUT2D eigenvalue weighted by Crippen LogP contribution is -2.17. The number of ether oxygens (including phenoxy) is 1. The van der Waals surface area contributed by atoms with Gasteiger partial charge in [0, 0.05) is 22.6 Å². The zero-order chi connectivity index (χ0) is 19.0. The van der Waals surface area contributed by atoms with Gasteiger partial charge in [-0.2, -0.15) is 5.10 Å². The van der Waals surface area contributed by atoms with E-state index in [1.807, 2.05) is 24.5 Å². The van der Waals surface area contributed by atoms with Crippen LogP contribution in [0.1, 0.15) is 5.56 Å². The maximum absolute atomic E-state index is 12.4. The van der Waals surface area contributed by atoms with E-state index < -0.39 is 6.36 Å². The van der Waals surface area contributed by atoms with Gasteiger partial charge in [0.2, 0.25) is 0 Å². The Hall–Kier alpha value is -2.61. The summed E-state index contributed by atoms with van der Waals surface area (Å²) in [6.07, 6.45) is -1.83. The van der Waals surface area contributed by atoms with E-state index in [1.54, 1.807) is 28.6 Å². The summed E-state index contributed by atoms with van der Waals surface area (Å²) < 4.78 is 42.8. The molecule has 3 aromatic rings. The molecule has 0 aliphatic carbocycles. The van der Waals surface area contributed by atoms with Crippen LogP contribution < -0.4 is 10.1 Å². The number of hydrogen-bond donors (Lipinski definition) is 1. The summed E-state index contributed by atoms with van der Waals surface area (Å²) in [7, 11) is 0. The number of thioether (sulfide) groups is 1. The van der Waals surface area contributed by atoms with Crippen molar-refractivity contribution in [2.75, 3.05) is 18.1 Å². The van der Waals surface area contributed by atoms with Crippen LogP contribution in [0.3, 0.4) is 0 Å². The highest BCUT2D eigenvalue weighted by molar-refractivity contribution is 7.98. The van der Waals surface area contributed by atoms with Crippen LogP contribution in [0.2, 0.25) is 0 Å². The van der Waals surface area contributed by atoms with E-state index in [0.717, 1.165) is 40.5 Å². The number of anilines is 1. The Morgan fingerprint density at radius 1 is 1.11 bits per heavy atom. The fraction of sp³-hybridized carbons (Fsp3) is 0.211. The third-order valence-corrected chi connectivity index (χ3v) is 5.12. The van der Waals surface area contributed by atoms with E-state index in [4.69, 9.17) is 5.10 Å². The minimum absolute atomic E-state index is 0.254. The molecule has 0 fully saturated rings. The number of nitrogens with zero attached hydrogens (tertiary/aromatic N) is 2. The molecule has 8 heteroatoms. The second kappa shape index (κ2) is 6.84. The zero-order valence-electron chi connectivity index (χ0n) is 14.4. The molecule has 0 radical (unpaired) electrons. The van der Waals surface area contributed by atoms with Gasteiger partial charge in [0.05, 0.1) is 11.4 Å². The van der Waals surface area contributed by atoms with E-state index in [0.29, 0.717) is 5.69 Å². The number of fused-ring (bicyclic) bond motifs is 1. The lowest BCUT2D eigenvalue weighted by Gasteiger charge is -2.10. The van der Waals surface area contributed by atoms with Gasteiger partial charge in [-0.15, -0.1) is 24.9 Å². The van der Waals surface area contributed by atoms with Crippen molar-refractivity contribution in [3.05, 3.63) is 54.1 Å². The second-order valence-electron chi connectivity index (χ2n) is 6.01. The largest absolute Gasteiger partial charge is 0.573 e. The normalized spacial score (nSPS) is 13.3. The molecule has 1 aliphatic heterocycles. The topological polar surface area (TPSA) is 39.1 Å². The van der Waals surface area contributed by atoms with Crippen molar-refractivity contribution < 1.29 is 17.9 Å². The Morgan fingerprint density at radius 2 is 1.85 bits per heavy atom. The van der Waals surface area contributed by atoms with Gasteiger partial charge in [-0.1, -0.05) is 18.2 Å². The van der Waals surface area contributed by atoms with Crippen molar-refractivity contribution in [1.29, 1.82) is 0 Å². The third-order valence-electron chi connectivity index (χ3n) is 4.33. The smallest absolute Gasteiger partial charge is 0.406 e. The minimum Gasteiger partial charge on any atom is -0.406 e. The van der Waals surface area contributed by atoms with Crippen LogP contribution in [-0.4, -0.2) is 28.9 Å². The van der Waals surface area contributed by atoms with E-state index in [1.165, 1.54) is 12.1 Å². The fourth-order valence-electron chi connectivity index (χ4n) is 3.21. The molecule has 27 heavy (non-hydrogen) atoms. The van der Waals surface area contributed by atoms with Crippen molar-refractivity contribution in [2.24, 2.45) is 0 Å². The fourth-order valence-corrected chi connectivity index (χ4v) is 3.81. The molecule has 4 nitrogen and oxygen atoms in total. The van der Waals surface area contributed by atoms with Gasteiger partial charge >= 0.3 is 6.36 Å². The molecule has 2 aromatic carbocycles. The first-order valence-electron chi connectivity index (χ1n) is 8.31. The molecule has 0 bridgehead atoms. The average Bonchev–Trinajstić information content (AvgIpc) is 3.24. The maximum atomic E-state index is 12.4. The molecule has 0 amide bonds. The van der Waals surface area contributed by atoms with Crippen molar-refractivity contribution in [1.82, 2.24) is 9.78 Å². The number of aromatic nitrogens is 2. The number of nitrogens with one attached hydrogen (secondary N) is 1. The summed E-state index contributed by atoms with van der Waals surface area (Å²) in [6.45, 7) is 0.802. The monoisotopic (exact) mass is 391 g/mol. The molecular formula is C19H16F3N3OS. The molecule has 2 heterocycles. The minimum atomic E-state index is -4.70.